The van der Waals surface area contributed by atoms with Crippen molar-refractivity contribution in [2.75, 3.05) is 27.3 Å². The first-order valence-electron chi connectivity index (χ1n) is 7.97. The van der Waals surface area contributed by atoms with Gasteiger partial charge in [0.15, 0.2) is 5.96 Å². The highest BCUT2D eigenvalue weighted by Crippen LogP contribution is 2.10. The third-order valence-corrected chi connectivity index (χ3v) is 4.99. The third kappa shape index (κ3) is 6.86. The molecule has 0 saturated heterocycles. The fraction of sp³-hybridized carbons (Fsp3) is 0.562. The Morgan fingerprint density at radius 2 is 1.96 bits per heavy atom. The maximum atomic E-state index is 12.1. The van der Waals surface area contributed by atoms with Crippen LogP contribution >= 0.6 is 0 Å². The van der Waals surface area contributed by atoms with Gasteiger partial charge >= 0.3 is 0 Å². The van der Waals surface area contributed by atoms with E-state index in [0.29, 0.717) is 19.2 Å². The number of guanidine groups is 1. The Morgan fingerprint density at radius 1 is 1.29 bits per heavy atom. The van der Waals surface area contributed by atoms with Crippen molar-refractivity contribution >= 4 is 16.0 Å². The first-order valence-corrected chi connectivity index (χ1v) is 9.46. The van der Waals surface area contributed by atoms with E-state index in [1.165, 1.54) is 7.11 Å². The topological polar surface area (TPSA) is 91.8 Å². The lowest BCUT2D eigenvalue weighted by Gasteiger charge is -2.16. The number of rotatable bonds is 9. The van der Waals surface area contributed by atoms with E-state index in [1.807, 2.05) is 0 Å². The molecule has 1 rings (SSSR count). The molecule has 0 aliphatic rings. The van der Waals surface area contributed by atoms with Crippen molar-refractivity contribution < 1.29 is 13.2 Å². The Hall–Kier alpha value is -1.64. The number of nitrogens with zero attached hydrogens (tertiary/aromatic N) is 1. The minimum absolute atomic E-state index is 0.240. The summed E-state index contributed by atoms with van der Waals surface area (Å²) in [7, 11) is -0.242. The molecule has 1 aromatic rings. The summed E-state index contributed by atoms with van der Waals surface area (Å²) in [6, 6.07) is 7.10. The van der Waals surface area contributed by atoms with E-state index in [4.69, 9.17) is 4.74 Å². The largest absolute Gasteiger partial charge is 0.383 e. The summed E-state index contributed by atoms with van der Waals surface area (Å²) >= 11 is 0. The molecular formula is C16H28N4O3S. The SMILES string of the molecule is CCC(C)NC(=NC)NCc1ccc(S(=O)(=O)NCCOC)cc1. The van der Waals surface area contributed by atoms with Crippen LogP contribution in [0.5, 0.6) is 0 Å². The van der Waals surface area contributed by atoms with Crippen LogP contribution in [0, 0.1) is 0 Å². The van der Waals surface area contributed by atoms with Crippen LogP contribution in [0.3, 0.4) is 0 Å². The van der Waals surface area contributed by atoms with Crippen LogP contribution in [-0.2, 0) is 21.3 Å². The van der Waals surface area contributed by atoms with Crippen molar-refractivity contribution in [2.24, 2.45) is 4.99 Å². The van der Waals surface area contributed by atoms with Crippen LogP contribution in [0.4, 0.5) is 0 Å². The van der Waals surface area contributed by atoms with Crippen LogP contribution in [-0.4, -0.2) is 47.7 Å². The number of methoxy groups -OCH3 is 1. The molecule has 0 aliphatic carbocycles. The quantitative estimate of drug-likeness (QED) is 0.350. The van der Waals surface area contributed by atoms with Gasteiger partial charge in [0.2, 0.25) is 10.0 Å². The predicted molar refractivity (Wildman–Crippen MR) is 96.6 cm³/mol. The standard InChI is InChI=1S/C16H28N4O3S/c1-5-13(2)20-16(17-3)18-12-14-6-8-15(9-7-14)24(21,22)19-10-11-23-4/h6-9,13,19H,5,10-12H2,1-4H3,(H2,17,18,20). The van der Waals surface area contributed by atoms with Crippen molar-refractivity contribution in [1.29, 1.82) is 0 Å². The highest BCUT2D eigenvalue weighted by atomic mass is 32.2. The lowest BCUT2D eigenvalue weighted by Crippen LogP contribution is -2.41. The number of benzene rings is 1. The summed E-state index contributed by atoms with van der Waals surface area (Å²) < 4.78 is 31.5. The molecule has 0 amide bonds. The zero-order chi connectivity index (χ0) is 18.0. The van der Waals surface area contributed by atoms with Gasteiger partial charge in [-0.05, 0) is 31.0 Å². The third-order valence-electron chi connectivity index (χ3n) is 3.51. The van der Waals surface area contributed by atoms with Crippen LogP contribution in [0.25, 0.3) is 0 Å². The molecule has 0 aromatic heterocycles. The lowest BCUT2D eigenvalue weighted by atomic mass is 10.2. The molecule has 0 radical (unpaired) electrons. The highest BCUT2D eigenvalue weighted by molar-refractivity contribution is 7.89. The summed E-state index contributed by atoms with van der Waals surface area (Å²) in [5.74, 6) is 0.724. The fourth-order valence-corrected chi connectivity index (χ4v) is 2.88. The predicted octanol–water partition coefficient (Wildman–Crippen LogP) is 1.07. The van der Waals surface area contributed by atoms with Gasteiger partial charge in [0.05, 0.1) is 11.5 Å². The molecule has 0 saturated carbocycles. The van der Waals surface area contributed by atoms with Gasteiger partial charge in [0.25, 0.3) is 0 Å². The van der Waals surface area contributed by atoms with E-state index in [1.54, 1.807) is 31.3 Å². The maximum absolute atomic E-state index is 12.1. The molecule has 0 spiro atoms. The van der Waals surface area contributed by atoms with Gasteiger partial charge in [0, 0.05) is 33.3 Å². The second-order valence-electron chi connectivity index (χ2n) is 5.41. The molecule has 1 aromatic carbocycles. The molecule has 0 aliphatic heterocycles. The van der Waals surface area contributed by atoms with Gasteiger partial charge in [0.1, 0.15) is 0 Å². The van der Waals surface area contributed by atoms with E-state index >= 15 is 0 Å². The molecule has 0 heterocycles. The summed E-state index contributed by atoms with van der Waals surface area (Å²) in [6.07, 6.45) is 1.00. The fourth-order valence-electron chi connectivity index (χ4n) is 1.86. The Kier molecular flexibility index (Phi) is 8.73. The van der Waals surface area contributed by atoms with E-state index < -0.39 is 10.0 Å². The van der Waals surface area contributed by atoms with Crippen molar-refractivity contribution in [3.63, 3.8) is 0 Å². The number of sulfonamides is 1. The molecule has 24 heavy (non-hydrogen) atoms. The van der Waals surface area contributed by atoms with Gasteiger partial charge < -0.3 is 15.4 Å². The van der Waals surface area contributed by atoms with Gasteiger partial charge in [-0.2, -0.15) is 0 Å². The first-order chi connectivity index (χ1) is 11.4. The van der Waals surface area contributed by atoms with Crippen molar-refractivity contribution in [3.05, 3.63) is 29.8 Å². The summed E-state index contributed by atoms with van der Waals surface area (Å²) in [4.78, 5) is 4.41. The van der Waals surface area contributed by atoms with Gasteiger partial charge in [-0.3, -0.25) is 4.99 Å². The molecule has 3 N–H and O–H groups in total. The summed E-state index contributed by atoms with van der Waals surface area (Å²) in [5.41, 5.74) is 0.970. The molecule has 0 fully saturated rings. The van der Waals surface area contributed by atoms with E-state index in [-0.39, 0.29) is 11.4 Å². The van der Waals surface area contributed by atoms with E-state index in [0.717, 1.165) is 17.9 Å². The van der Waals surface area contributed by atoms with Crippen molar-refractivity contribution in [2.45, 2.75) is 37.8 Å². The van der Waals surface area contributed by atoms with Gasteiger partial charge in [-0.25, -0.2) is 13.1 Å². The zero-order valence-corrected chi connectivity index (χ0v) is 15.6. The Balaban J connectivity index is 2.61. The Labute approximate surface area is 145 Å². The summed E-state index contributed by atoms with van der Waals surface area (Å²) in [6.45, 7) is 5.34. The number of hydrogen-bond donors (Lipinski definition) is 3. The average Bonchev–Trinajstić information content (AvgIpc) is 2.58. The number of hydrogen-bond acceptors (Lipinski definition) is 4. The number of aliphatic imine (C=N–C) groups is 1. The first kappa shape index (κ1) is 20.4. The molecule has 7 nitrogen and oxygen atoms in total. The molecule has 1 atom stereocenters. The van der Waals surface area contributed by atoms with Crippen molar-refractivity contribution in [1.82, 2.24) is 15.4 Å². The molecular weight excluding hydrogens is 328 g/mol. The lowest BCUT2D eigenvalue weighted by molar-refractivity contribution is 0.204. The molecule has 1 unspecified atom stereocenters. The molecule has 136 valence electrons. The second-order valence-corrected chi connectivity index (χ2v) is 7.18. The number of nitrogens with one attached hydrogen (secondary N) is 3. The van der Waals surface area contributed by atoms with E-state index in [2.05, 4.69) is 34.2 Å². The van der Waals surface area contributed by atoms with Crippen LogP contribution in [0.2, 0.25) is 0 Å². The minimum Gasteiger partial charge on any atom is -0.383 e. The summed E-state index contributed by atoms with van der Waals surface area (Å²) in [5, 5.41) is 6.48. The normalized spacial score (nSPS) is 13.6. The highest BCUT2D eigenvalue weighted by Gasteiger charge is 2.13. The van der Waals surface area contributed by atoms with Crippen molar-refractivity contribution in [3.8, 4) is 0 Å². The molecule has 0 bridgehead atoms. The van der Waals surface area contributed by atoms with Gasteiger partial charge in [-0.1, -0.05) is 19.1 Å². The van der Waals surface area contributed by atoms with Crippen LogP contribution in [0.15, 0.2) is 34.2 Å². The monoisotopic (exact) mass is 356 g/mol. The smallest absolute Gasteiger partial charge is 0.240 e. The second kappa shape index (κ2) is 10.3. The van der Waals surface area contributed by atoms with Gasteiger partial charge in [-0.15, -0.1) is 0 Å². The minimum atomic E-state index is -3.49. The molecule has 8 heteroatoms. The maximum Gasteiger partial charge on any atom is 0.240 e. The van der Waals surface area contributed by atoms with E-state index in [9.17, 15) is 8.42 Å². The van der Waals surface area contributed by atoms with Crippen LogP contribution in [0.1, 0.15) is 25.8 Å². The Morgan fingerprint density at radius 3 is 2.50 bits per heavy atom. The Bertz CT molecular complexity index is 615. The average molecular weight is 356 g/mol. The number of ether oxygens (including phenoxy) is 1. The van der Waals surface area contributed by atoms with Crippen LogP contribution < -0.4 is 15.4 Å². The zero-order valence-electron chi connectivity index (χ0n) is 14.8.